The number of hydrogen-bond acceptors (Lipinski definition) is 7. The Bertz CT molecular complexity index is 922. The molecular formula is C17H16N6O. The van der Waals surface area contributed by atoms with Crippen molar-refractivity contribution in [1.82, 2.24) is 20.1 Å². The first-order valence-corrected chi connectivity index (χ1v) is 7.78. The van der Waals surface area contributed by atoms with Crippen molar-refractivity contribution in [2.24, 2.45) is 0 Å². The van der Waals surface area contributed by atoms with Crippen LogP contribution in [0.3, 0.4) is 0 Å². The number of oxazole rings is 1. The monoisotopic (exact) mass is 320 g/mol. The van der Waals surface area contributed by atoms with Crippen LogP contribution in [-0.4, -0.2) is 39.2 Å². The van der Waals surface area contributed by atoms with Crippen molar-refractivity contribution in [3.63, 3.8) is 0 Å². The number of benzene rings is 1. The number of nitrogens with one attached hydrogen (secondary N) is 1. The van der Waals surface area contributed by atoms with Gasteiger partial charge in [0.25, 0.3) is 0 Å². The molecule has 0 spiro atoms. The van der Waals surface area contributed by atoms with E-state index in [-0.39, 0.29) is 6.04 Å². The van der Waals surface area contributed by atoms with Crippen molar-refractivity contribution in [2.45, 2.75) is 19.5 Å². The van der Waals surface area contributed by atoms with E-state index in [1.807, 2.05) is 31.2 Å². The third kappa shape index (κ3) is 2.68. The van der Waals surface area contributed by atoms with Crippen molar-refractivity contribution in [2.75, 3.05) is 18.4 Å². The summed E-state index contributed by atoms with van der Waals surface area (Å²) in [5.74, 6) is 1.56. The zero-order valence-corrected chi connectivity index (χ0v) is 13.2. The third-order valence-electron chi connectivity index (χ3n) is 4.13. The Balaban J connectivity index is 1.47. The molecule has 3 heterocycles. The van der Waals surface area contributed by atoms with Gasteiger partial charge in [0.05, 0.1) is 30.0 Å². The van der Waals surface area contributed by atoms with Crippen LogP contribution in [-0.2, 0) is 6.54 Å². The SMILES string of the molecule is Cc1ncc(CN2CC(Nc3c(C#N)nnc4ccccc34)C2)o1. The molecule has 1 aliphatic rings. The number of rotatable bonds is 4. The molecule has 0 unspecified atom stereocenters. The van der Waals surface area contributed by atoms with Gasteiger partial charge in [0.15, 0.2) is 11.6 Å². The topological polar surface area (TPSA) is 90.9 Å². The second kappa shape index (κ2) is 5.91. The van der Waals surface area contributed by atoms with Crippen LogP contribution in [0.2, 0.25) is 0 Å². The van der Waals surface area contributed by atoms with E-state index >= 15 is 0 Å². The lowest BCUT2D eigenvalue weighted by Gasteiger charge is -2.39. The molecule has 24 heavy (non-hydrogen) atoms. The number of likely N-dealkylation sites (tertiary alicyclic amines) is 1. The molecule has 1 aromatic carbocycles. The number of aromatic nitrogens is 3. The molecule has 1 N–H and O–H groups in total. The molecule has 1 fully saturated rings. The molecule has 4 rings (SSSR count). The highest BCUT2D eigenvalue weighted by molar-refractivity contribution is 5.92. The predicted molar refractivity (Wildman–Crippen MR) is 88.2 cm³/mol. The van der Waals surface area contributed by atoms with Crippen molar-refractivity contribution < 1.29 is 4.42 Å². The van der Waals surface area contributed by atoms with Gasteiger partial charge in [-0.1, -0.05) is 18.2 Å². The van der Waals surface area contributed by atoms with Crippen molar-refractivity contribution in [3.8, 4) is 6.07 Å². The minimum Gasteiger partial charge on any atom is -0.445 e. The highest BCUT2D eigenvalue weighted by Gasteiger charge is 2.28. The maximum absolute atomic E-state index is 9.31. The number of nitriles is 1. The summed E-state index contributed by atoms with van der Waals surface area (Å²) in [7, 11) is 0. The van der Waals surface area contributed by atoms with Crippen molar-refractivity contribution >= 4 is 16.6 Å². The van der Waals surface area contributed by atoms with Gasteiger partial charge < -0.3 is 9.73 Å². The van der Waals surface area contributed by atoms with E-state index < -0.39 is 0 Å². The van der Waals surface area contributed by atoms with Gasteiger partial charge in [0, 0.05) is 25.4 Å². The van der Waals surface area contributed by atoms with E-state index in [4.69, 9.17) is 4.42 Å². The summed E-state index contributed by atoms with van der Waals surface area (Å²) in [6, 6.07) is 10.1. The first-order chi connectivity index (χ1) is 11.7. The van der Waals surface area contributed by atoms with Crippen LogP contribution >= 0.6 is 0 Å². The summed E-state index contributed by atoms with van der Waals surface area (Å²) in [6.45, 7) is 4.34. The van der Waals surface area contributed by atoms with Crippen molar-refractivity contribution in [3.05, 3.63) is 47.8 Å². The van der Waals surface area contributed by atoms with E-state index in [0.29, 0.717) is 11.6 Å². The summed E-state index contributed by atoms with van der Waals surface area (Å²) in [6.07, 6.45) is 1.77. The zero-order valence-electron chi connectivity index (χ0n) is 13.2. The van der Waals surface area contributed by atoms with Gasteiger partial charge in [-0.15, -0.1) is 10.2 Å². The van der Waals surface area contributed by atoms with Crippen LogP contribution in [0.25, 0.3) is 10.9 Å². The van der Waals surface area contributed by atoms with Gasteiger partial charge in [-0.2, -0.15) is 5.26 Å². The second-order valence-electron chi connectivity index (χ2n) is 5.93. The van der Waals surface area contributed by atoms with Gasteiger partial charge in [-0.25, -0.2) is 4.98 Å². The number of nitrogens with zero attached hydrogens (tertiary/aromatic N) is 5. The van der Waals surface area contributed by atoms with E-state index in [9.17, 15) is 5.26 Å². The molecule has 120 valence electrons. The Kier molecular flexibility index (Phi) is 3.59. The van der Waals surface area contributed by atoms with E-state index in [2.05, 4.69) is 31.5 Å². The molecule has 0 bridgehead atoms. The fourth-order valence-electron chi connectivity index (χ4n) is 2.97. The molecule has 7 nitrogen and oxygen atoms in total. The van der Waals surface area contributed by atoms with Crippen LogP contribution in [0.5, 0.6) is 0 Å². The number of hydrogen-bond donors (Lipinski definition) is 1. The molecule has 1 aliphatic heterocycles. The van der Waals surface area contributed by atoms with Gasteiger partial charge in [0.2, 0.25) is 0 Å². The molecule has 0 radical (unpaired) electrons. The Morgan fingerprint density at radius 3 is 2.92 bits per heavy atom. The van der Waals surface area contributed by atoms with E-state index in [0.717, 1.165) is 42.0 Å². The standard InChI is InChI=1S/C17H16N6O/c1-11-19-7-13(24-11)10-23-8-12(9-23)20-17-14-4-2-3-5-15(14)21-22-16(17)6-18/h2-5,7,12H,8-10H2,1H3,(H,20,21). The van der Waals surface area contributed by atoms with Gasteiger partial charge in [-0.05, 0) is 6.07 Å². The largest absolute Gasteiger partial charge is 0.445 e. The van der Waals surface area contributed by atoms with Crippen LogP contribution in [0.1, 0.15) is 17.3 Å². The van der Waals surface area contributed by atoms with Crippen LogP contribution in [0, 0.1) is 18.3 Å². The zero-order chi connectivity index (χ0) is 16.5. The molecule has 2 aromatic heterocycles. The lowest BCUT2D eigenvalue weighted by Crippen LogP contribution is -2.54. The quantitative estimate of drug-likeness (QED) is 0.787. The fourth-order valence-corrected chi connectivity index (χ4v) is 2.97. The van der Waals surface area contributed by atoms with Crippen LogP contribution in [0.4, 0.5) is 5.69 Å². The van der Waals surface area contributed by atoms with Gasteiger partial charge in [-0.3, -0.25) is 4.90 Å². The maximum Gasteiger partial charge on any atom is 0.191 e. The third-order valence-corrected chi connectivity index (χ3v) is 4.13. The molecule has 0 atom stereocenters. The molecule has 0 aliphatic carbocycles. The summed E-state index contributed by atoms with van der Waals surface area (Å²) in [4.78, 5) is 6.38. The Hall–Kier alpha value is -2.98. The molecule has 7 heteroatoms. The highest BCUT2D eigenvalue weighted by Crippen LogP contribution is 2.26. The minimum atomic E-state index is 0.272. The molecule has 0 saturated carbocycles. The molecule has 3 aromatic rings. The van der Waals surface area contributed by atoms with Gasteiger partial charge >= 0.3 is 0 Å². The summed E-state index contributed by atoms with van der Waals surface area (Å²) < 4.78 is 5.50. The average molecular weight is 320 g/mol. The minimum absolute atomic E-state index is 0.272. The molecular weight excluding hydrogens is 304 g/mol. The maximum atomic E-state index is 9.31. The lowest BCUT2D eigenvalue weighted by atomic mass is 10.1. The molecule has 1 saturated heterocycles. The Morgan fingerprint density at radius 2 is 2.17 bits per heavy atom. The summed E-state index contributed by atoms with van der Waals surface area (Å²) in [5, 5.41) is 21.8. The number of anilines is 1. The second-order valence-corrected chi connectivity index (χ2v) is 5.93. The van der Waals surface area contributed by atoms with Crippen molar-refractivity contribution in [1.29, 1.82) is 5.26 Å². The molecule has 0 amide bonds. The van der Waals surface area contributed by atoms with Crippen LogP contribution in [0.15, 0.2) is 34.9 Å². The number of aryl methyl sites for hydroxylation is 1. The highest BCUT2D eigenvalue weighted by atomic mass is 16.4. The Morgan fingerprint density at radius 1 is 1.33 bits per heavy atom. The Labute approximate surface area is 138 Å². The first kappa shape index (κ1) is 14.6. The lowest BCUT2D eigenvalue weighted by molar-refractivity contribution is 0.141. The summed E-state index contributed by atoms with van der Waals surface area (Å²) >= 11 is 0. The summed E-state index contributed by atoms with van der Waals surface area (Å²) in [5.41, 5.74) is 1.88. The fraction of sp³-hybridized carbons (Fsp3) is 0.294. The first-order valence-electron chi connectivity index (χ1n) is 7.78. The normalized spacial score (nSPS) is 15.2. The van der Waals surface area contributed by atoms with E-state index in [1.165, 1.54) is 0 Å². The van der Waals surface area contributed by atoms with E-state index in [1.54, 1.807) is 6.20 Å². The van der Waals surface area contributed by atoms with Crippen LogP contribution < -0.4 is 5.32 Å². The van der Waals surface area contributed by atoms with Gasteiger partial charge in [0.1, 0.15) is 11.8 Å². The number of fused-ring (bicyclic) bond motifs is 1. The predicted octanol–water partition coefficient (Wildman–Crippen LogP) is 2.09. The average Bonchev–Trinajstić information content (AvgIpc) is 2.98. The smallest absolute Gasteiger partial charge is 0.191 e.